The highest BCUT2D eigenvalue weighted by molar-refractivity contribution is 9.10. The fourth-order valence-corrected chi connectivity index (χ4v) is 2.31. The number of ether oxygens (including phenoxy) is 2. The first kappa shape index (κ1) is 14.9. The minimum absolute atomic E-state index is 0.511. The van der Waals surface area contributed by atoms with Crippen LogP contribution in [-0.4, -0.2) is 7.11 Å². The van der Waals surface area contributed by atoms with E-state index in [1.54, 1.807) is 7.11 Å². The molecule has 3 heteroatoms. The van der Waals surface area contributed by atoms with E-state index in [0.29, 0.717) is 6.61 Å². The molecule has 0 aliphatic heterocycles. The van der Waals surface area contributed by atoms with Gasteiger partial charge in [0.2, 0.25) is 0 Å². The summed E-state index contributed by atoms with van der Waals surface area (Å²) in [6.07, 6.45) is 2.21. The predicted octanol–water partition coefficient (Wildman–Crippen LogP) is 4.99. The molecular weight excluding hydrogens is 316 g/mol. The Morgan fingerprint density at radius 1 is 1.05 bits per heavy atom. The van der Waals surface area contributed by atoms with E-state index in [9.17, 15) is 0 Å². The first-order valence-corrected chi connectivity index (χ1v) is 7.56. The lowest BCUT2D eigenvalue weighted by Crippen LogP contribution is -1.99. The van der Waals surface area contributed by atoms with Gasteiger partial charge < -0.3 is 9.47 Å². The summed E-state index contributed by atoms with van der Waals surface area (Å²) in [5, 5.41) is 0. The largest absolute Gasteiger partial charge is 0.496 e. The van der Waals surface area contributed by atoms with Gasteiger partial charge in [-0.15, -0.1) is 0 Å². The van der Waals surface area contributed by atoms with Crippen LogP contribution in [0.25, 0.3) is 0 Å². The Bertz CT molecular complexity index is 549. The van der Waals surface area contributed by atoms with Crippen molar-refractivity contribution in [3.63, 3.8) is 0 Å². The van der Waals surface area contributed by atoms with Crippen LogP contribution in [0.15, 0.2) is 46.9 Å². The van der Waals surface area contributed by atoms with Gasteiger partial charge in [-0.05, 0) is 42.3 Å². The minimum Gasteiger partial charge on any atom is -0.496 e. The van der Waals surface area contributed by atoms with Crippen molar-refractivity contribution in [2.45, 2.75) is 26.4 Å². The molecule has 0 aromatic heterocycles. The summed E-state index contributed by atoms with van der Waals surface area (Å²) in [6, 6.07) is 14.2. The quantitative estimate of drug-likeness (QED) is 0.740. The predicted molar refractivity (Wildman–Crippen MR) is 85.5 cm³/mol. The molecule has 2 rings (SSSR count). The average Bonchev–Trinajstić information content (AvgIpc) is 2.47. The maximum absolute atomic E-state index is 5.79. The maximum Gasteiger partial charge on any atom is 0.125 e. The highest BCUT2D eigenvalue weighted by atomic mass is 79.9. The Morgan fingerprint density at radius 2 is 1.80 bits per heavy atom. The van der Waals surface area contributed by atoms with Crippen LogP contribution in [0.1, 0.15) is 24.5 Å². The summed E-state index contributed by atoms with van der Waals surface area (Å²) >= 11 is 3.41. The summed E-state index contributed by atoms with van der Waals surface area (Å²) < 4.78 is 12.3. The van der Waals surface area contributed by atoms with Gasteiger partial charge in [-0.2, -0.15) is 0 Å². The van der Waals surface area contributed by atoms with Crippen molar-refractivity contribution in [1.29, 1.82) is 0 Å². The van der Waals surface area contributed by atoms with Crippen molar-refractivity contribution in [2.75, 3.05) is 7.11 Å². The standard InChI is InChI=1S/C17H19BrO2/c1-3-4-13-5-6-14(17(11-13)19-2)12-20-16-9-7-15(18)8-10-16/h5-11H,3-4,12H2,1-2H3. The lowest BCUT2D eigenvalue weighted by molar-refractivity contribution is 0.296. The van der Waals surface area contributed by atoms with E-state index in [-0.39, 0.29) is 0 Å². The maximum atomic E-state index is 5.79. The van der Waals surface area contributed by atoms with Gasteiger partial charge >= 0.3 is 0 Å². The molecule has 0 unspecified atom stereocenters. The van der Waals surface area contributed by atoms with Crippen molar-refractivity contribution in [3.8, 4) is 11.5 Å². The molecule has 0 atom stereocenters. The number of halogens is 1. The fraction of sp³-hybridized carbons (Fsp3) is 0.294. The minimum atomic E-state index is 0.511. The molecule has 0 radical (unpaired) electrons. The molecule has 0 amide bonds. The number of rotatable bonds is 6. The number of benzene rings is 2. The van der Waals surface area contributed by atoms with Crippen LogP contribution in [0.2, 0.25) is 0 Å². The van der Waals surface area contributed by atoms with E-state index in [1.807, 2.05) is 24.3 Å². The lowest BCUT2D eigenvalue weighted by Gasteiger charge is -2.12. The van der Waals surface area contributed by atoms with E-state index in [0.717, 1.165) is 34.4 Å². The molecule has 0 saturated carbocycles. The normalized spacial score (nSPS) is 10.3. The third-order valence-electron chi connectivity index (χ3n) is 3.10. The molecule has 2 aromatic rings. The zero-order chi connectivity index (χ0) is 14.4. The molecule has 20 heavy (non-hydrogen) atoms. The zero-order valence-corrected chi connectivity index (χ0v) is 13.4. The second kappa shape index (κ2) is 7.34. The van der Waals surface area contributed by atoms with E-state index in [2.05, 4.69) is 41.1 Å². The van der Waals surface area contributed by atoms with Crippen LogP contribution in [0.5, 0.6) is 11.5 Å². The van der Waals surface area contributed by atoms with Crippen molar-refractivity contribution in [2.24, 2.45) is 0 Å². The van der Waals surface area contributed by atoms with E-state index in [4.69, 9.17) is 9.47 Å². The molecule has 0 fully saturated rings. The second-order valence-corrected chi connectivity index (χ2v) is 5.55. The highest BCUT2D eigenvalue weighted by Gasteiger charge is 2.05. The monoisotopic (exact) mass is 334 g/mol. The van der Waals surface area contributed by atoms with Gasteiger partial charge in [0, 0.05) is 10.0 Å². The van der Waals surface area contributed by atoms with Gasteiger partial charge in [0.15, 0.2) is 0 Å². The number of methoxy groups -OCH3 is 1. The molecule has 0 saturated heterocycles. The van der Waals surface area contributed by atoms with Crippen molar-refractivity contribution in [1.82, 2.24) is 0 Å². The summed E-state index contributed by atoms with van der Waals surface area (Å²) in [4.78, 5) is 0. The smallest absolute Gasteiger partial charge is 0.125 e. The van der Waals surface area contributed by atoms with Gasteiger partial charge in [-0.1, -0.05) is 41.4 Å². The van der Waals surface area contributed by atoms with Gasteiger partial charge in [-0.3, -0.25) is 0 Å². The molecule has 0 spiro atoms. The van der Waals surface area contributed by atoms with Gasteiger partial charge in [0.1, 0.15) is 18.1 Å². The number of aryl methyl sites for hydroxylation is 1. The van der Waals surface area contributed by atoms with E-state index in [1.165, 1.54) is 5.56 Å². The Kier molecular flexibility index (Phi) is 5.48. The molecular formula is C17H19BrO2. The molecule has 0 heterocycles. The lowest BCUT2D eigenvalue weighted by atomic mass is 10.1. The van der Waals surface area contributed by atoms with Crippen molar-refractivity contribution < 1.29 is 9.47 Å². The van der Waals surface area contributed by atoms with E-state index >= 15 is 0 Å². The van der Waals surface area contributed by atoms with Crippen LogP contribution < -0.4 is 9.47 Å². The summed E-state index contributed by atoms with van der Waals surface area (Å²) in [6.45, 7) is 2.69. The molecule has 0 bridgehead atoms. The molecule has 106 valence electrons. The summed E-state index contributed by atoms with van der Waals surface area (Å²) in [5.41, 5.74) is 2.37. The van der Waals surface area contributed by atoms with E-state index < -0.39 is 0 Å². The first-order valence-electron chi connectivity index (χ1n) is 6.77. The number of hydrogen-bond donors (Lipinski definition) is 0. The Balaban J connectivity index is 2.06. The third kappa shape index (κ3) is 4.01. The molecule has 2 aromatic carbocycles. The SMILES string of the molecule is CCCc1ccc(COc2ccc(Br)cc2)c(OC)c1. The molecule has 0 N–H and O–H groups in total. The van der Waals surface area contributed by atoms with Gasteiger partial charge in [-0.25, -0.2) is 0 Å². The van der Waals surface area contributed by atoms with Crippen LogP contribution in [-0.2, 0) is 13.0 Å². The van der Waals surface area contributed by atoms with Crippen LogP contribution in [0.3, 0.4) is 0 Å². The Hall–Kier alpha value is -1.48. The molecule has 0 aliphatic rings. The average molecular weight is 335 g/mol. The zero-order valence-electron chi connectivity index (χ0n) is 11.9. The van der Waals surface area contributed by atoms with Crippen LogP contribution >= 0.6 is 15.9 Å². The number of hydrogen-bond acceptors (Lipinski definition) is 2. The Morgan fingerprint density at radius 3 is 2.45 bits per heavy atom. The first-order chi connectivity index (χ1) is 9.72. The topological polar surface area (TPSA) is 18.5 Å². The van der Waals surface area contributed by atoms with Gasteiger partial charge in [0.05, 0.1) is 7.11 Å². The molecule has 0 aliphatic carbocycles. The second-order valence-electron chi connectivity index (χ2n) is 4.64. The molecule has 2 nitrogen and oxygen atoms in total. The third-order valence-corrected chi connectivity index (χ3v) is 3.63. The van der Waals surface area contributed by atoms with Crippen molar-refractivity contribution in [3.05, 3.63) is 58.1 Å². The van der Waals surface area contributed by atoms with Crippen LogP contribution in [0, 0.1) is 0 Å². The highest BCUT2D eigenvalue weighted by Crippen LogP contribution is 2.23. The fourth-order valence-electron chi connectivity index (χ4n) is 2.04. The van der Waals surface area contributed by atoms with Gasteiger partial charge in [0.25, 0.3) is 0 Å². The Labute approximate surface area is 128 Å². The van der Waals surface area contributed by atoms with Crippen LogP contribution in [0.4, 0.5) is 0 Å². The summed E-state index contributed by atoms with van der Waals surface area (Å²) in [7, 11) is 1.70. The summed E-state index contributed by atoms with van der Waals surface area (Å²) in [5.74, 6) is 1.75. The van der Waals surface area contributed by atoms with Crippen molar-refractivity contribution >= 4 is 15.9 Å².